The van der Waals surface area contributed by atoms with Crippen molar-refractivity contribution in [1.82, 2.24) is 4.90 Å². The van der Waals surface area contributed by atoms with Gasteiger partial charge >= 0.3 is 6.09 Å². The summed E-state index contributed by atoms with van der Waals surface area (Å²) >= 11 is 0. The van der Waals surface area contributed by atoms with Crippen LogP contribution in [0.4, 0.5) is 10.5 Å². The zero-order chi connectivity index (χ0) is 15.6. The molecule has 1 aromatic rings. The van der Waals surface area contributed by atoms with Crippen molar-refractivity contribution in [2.45, 2.75) is 52.6 Å². The average Bonchev–Trinajstić information content (AvgIpc) is 2.57. The quantitative estimate of drug-likeness (QED) is 0.808. The molecule has 0 saturated heterocycles. The minimum atomic E-state index is -0.448. The lowest BCUT2D eigenvalue weighted by atomic mass is 9.97. The van der Waals surface area contributed by atoms with E-state index < -0.39 is 5.60 Å². The highest BCUT2D eigenvalue weighted by Crippen LogP contribution is 2.24. The predicted molar refractivity (Wildman–Crippen MR) is 85.4 cm³/mol. The fourth-order valence-electron chi connectivity index (χ4n) is 2.66. The van der Waals surface area contributed by atoms with E-state index in [-0.39, 0.29) is 6.09 Å². The zero-order valence-electron chi connectivity index (χ0n) is 13.5. The summed E-state index contributed by atoms with van der Waals surface area (Å²) in [4.78, 5) is 14.0. The molecule has 0 fully saturated rings. The van der Waals surface area contributed by atoms with E-state index in [1.165, 1.54) is 16.7 Å². The Bertz CT molecular complexity index is 532. The molecule has 4 heteroatoms. The van der Waals surface area contributed by atoms with Gasteiger partial charge in [0.25, 0.3) is 0 Å². The molecule has 0 unspecified atom stereocenters. The third-order valence-electron chi connectivity index (χ3n) is 3.80. The number of fused-ring (bicyclic) bond motifs is 1. The van der Waals surface area contributed by atoms with Crippen molar-refractivity contribution in [3.8, 4) is 0 Å². The van der Waals surface area contributed by atoms with Gasteiger partial charge in [-0.2, -0.15) is 0 Å². The number of amides is 1. The molecule has 21 heavy (non-hydrogen) atoms. The Morgan fingerprint density at radius 2 is 1.81 bits per heavy atom. The van der Waals surface area contributed by atoms with E-state index in [1.807, 2.05) is 20.8 Å². The molecular weight excluding hydrogens is 264 g/mol. The molecule has 0 bridgehead atoms. The summed E-state index contributed by atoms with van der Waals surface area (Å²) < 4.78 is 5.46. The van der Waals surface area contributed by atoms with Crippen LogP contribution in [-0.4, -0.2) is 29.7 Å². The molecule has 0 spiro atoms. The Labute approximate surface area is 127 Å². The second-order valence-corrected chi connectivity index (χ2v) is 6.64. The topological polar surface area (TPSA) is 55.6 Å². The van der Waals surface area contributed by atoms with Crippen molar-refractivity contribution in [2.24, 2.45) is 0 Å². The van der Waals surface area contributed by atoms with Crippen LogP contribution in [0.3, 0.4) is 0 Å². The van der Waals surface area contributed by atoms with Crippen LogP contribution < -0.4 is 5.73 Å². The molecule has 1 aliphatic heterocycles. The number of rotatable bonds is 1. The first-order chi connectivity index (χ1) is 9.80. The minimum Gasteiger partial charge on any atom is -0.444 e. The number of anilines is 1. The number of nitrogen functional groups attached to an aromatic ring is 1. The summed E-state index contributed by atoms with van der Waals surface area (Å²) in [6.45, 7) is 9.19. The first kappa shape index (κ1) is 15.7. The molecular formula is C17H26N2O2. The van der Waals surface area contributed by atoms with E-state index in [9.17, 15) is 4.79 Å². The molecule has 1 aliphatic rings. The molecule has 0 saturated carbocycles. The van der Waals surface area contributed by atoms with E-state index in [0.29, 0.717) is 13.1 Å². The molecule has 116 valence electrons. The fourth-order valence-corrected chi connectivity index (χ4v) is 2.66. The lowest BCUT2D eigenvalue weighted by molar-refractivity contribution is 0.0258. The van der Waals surface area contributed by atoms with Gasteiger partial charge in [0.15, 0.2) is 0 Å². The lowest BCUT2D eigenvalue weighted by Gasteiger charge is -2.26. The standard InChI is InChI=1S/C17H26N2O2/c1-5-12-10-13-6-8-19(16(20)21-17(2,3)4)9-7-14(13)11-15(12)18/h10-11H,5-9,18H2,1-4H3. The molecule has 0 radical (unpaired) electrons. The summed E-state index contributed by atoms with van der Waals surface area (Å²) in [7, 11) is 0. The Morgan fingerprint density at radius 3 is 2.33 bits per heavy atom. The van der Waals surface area contributed by atoms with Gasteiger partial charge in [-0.05, 0) is 62.8 Å². The fraction of sp³-hybridized carbons (Fsp3) is 0.588. The normalized spacial score (nSPS) is 15.3. The van der Waals surface area contributed by atoms with Crippen LogP contribution in [0.15, 0.2) is 12.1 Å². The number of ether oxygens (including phenoxy) is 1. The van der Waals surface area contributed by atoms with Gasteiger partial charge in [-0.1, -0.05) is 13.0 Å². The maximum atomic E-state index is 12.2. The molecule has 0 aromatic heterocycles. The number of nitrogens with zero attached hydrogens (tertiary/aromatic N) is 1. The molecule has 0 aliphatic carbocycles. The number of hydrogen-bond acceptors (Lipinski definition) is 3. The average molecular weight is 290 g/mol. The molecule has 4 nitrogen and oxygen atoms in total. The molecule has 1 heterocycles. The van der Waals surface area contributed by atoms with Crippen molar-refractivity contribution >= 4 is 11.8 Å². The van der Waals surface area contributed by atoms with Crippen molar-refractivity contribution in [3.05, 3.63) is 28.8 Å². The van der Waals surface area contributed by atoms with Crippen molar-refractivity contribution < 1.29 is 9.53 Å². The van der Waals surface area contributed by atoms with Crippen LogP contribution in [0.5, 0.6) is 0 Å². The maximum absolute atomic E-state index is 12.2. The largest absolute Gasteiger partial charge is 0.444 e. The van der Waals surface area contributed by atoms with Crippen LogP contribution in [0, 0.1) is 0 Å². The number of aryl methyl sites for hydroxylation is 1. The Morgan fingerprint density at radius 1 is 1.24 bits per heavy atom. The first-order valence-corrected chi connectivity index (χ1v) is 7.68. The summed E-state index contributed by atoms with van der Waals surface area (Å²) in [6, 6.07) is 4.27. The lowest BCUT2D eigenvalue weighted by Crippen LogP contribution is -2.38. The zero-order valence-corrected chi connectivity index (χ0v) is 13.5. The van der Waals surface area contributed by atoms with E-state index >= 15 is 0 Å². The van der Waals surface area contributed by atoms with E-state index in [0.717, 1.165) is 24.9 Å². The first-order valence-electron chi connectivity index (χ1n) is 7.68. The van der Waals surface area contributed by atoms with E-state index in [4.69, 9.17) is 10.5 Å². The van der Waals surface area contributed by atoms with Crippen molar-refractivity contribution in [2.75, 3.05) is 18.8 Å². The smallest absolute Gasteiger partial charge is 0.410 e. The summed E-state index contributed by atoms with van der Waals surface area (Å²) in [6.07, 6.45) is 2.42. The molecule has 0 atom stereocenters. The van der Waals surface area contributed by atoms with Gasteiger partial charge in [0.1, 0.15) is 5.60 Å². The summed E-state index contributed by atoms with van der Waals surface area (Å²) in [5.74, 6) is 0. The third-order valence-corrected chi connectivity index (χ3v) is 3.80. The highest BCUT2D eigenvalue weighted by Gasteiger charge is 2.24. The van der Waals surface area contributed by atoms with Crippen LogP contribution in [0.1, 0.15) is 44.4 Å². The van der Waals surface area contributed by atoms with Gasteiger partial charge in [-0.15, -0.1) is 0 Å². The second kappa shape index (κ2) is 5.96. The van der Waals surface area contributed by atoms with Gasteiger partial charge in [0, 0.05) is 18.8 Å². The van der Waals surface area contributed by atoms with Crippen molar-refractivity contribution in [3.63, 3.8) is 0 Å². The van der Waals surface area contributed by atoms with Crippen LogP contribution in [0.25, 0.3) is 0 Å². The van der Waals surface area contributed by atoms with Crippen LogP contribution >= 0.6 is 0 Å². The Kier molecular flexibility index (Phi) is 4.45. The predicted octanol–water partition coefficient (Wildman–Crippen LogP) is 3.17. The highest BCUT2D eigenvalue weighted by molar-refractivity contribution is 5.68. The van der Waals surface area contributed by atoms with Gasteiger partial charge in [-0.25, -0.2) is 4.79 Å². The number of carbonyl (C=O) groups excluding carboxylic acids is 1. The summed E-state index contributed by atoms with van der Waals surface area (Å²) in [5, 5.41) is 0. The Balaban J connectivity index is 2.12. The van der Waals surface area contributed by atoms with E-state index in [1.54, 1.807) is 4.90 Å². The summed E-state index contributed by atoms with van der Waals surface area (Å²) in [5.41, 5.74) is 10.3. The molecule has 2 N–H and O–H groups in total. The molecule has 2 rings (SSSR count). The SMILES string of the molecule is CCc1cc2c(cc1N)CCN(C(=O)OC(C)(C)C)CC2. The number of hydrogen-bond donors (Lipinski definition) is 1. The number of nitrogens with two attached hydrogens (primary N) is 1. The molecule has 1 aromatic carbocycles. The second-order valence-electron chi connectivity index (χ2n) is 6.64. The highest BCUT2D eigenvalue weighted by atomic mass is 16.6. The number of benzene rings is 1. The maximum Gasteiger partial charge on any atom is 0.410 e. The van der Waals surface area contributed by atoms with Crippen LogP contribution in [-0.2, 0) is 24.0 Å². The third kappa shape index (κ3) is 3.90. The Hall–Kier alpha value is -1.71. The van der Waals surface area contributed by atoms with Gasteiger partial charge < -0.3 is 15.4 Å². The van der Waals surface area contributed by atoms with Gasteiger partial charge in [-0.3, -0.25) is 0 Å². The monoisotopic (exact) mass is 290 g/mol. The van der Waals surface area contributed by atoms with Gasteiger partial charge in [0.05, 0.1) is 0 Å². The van der Waals surface area contributed by atoms with Crippen molar-refractivity contribution in [1.29, 1.82) is 0 Å². The van der Waals surface area contributed by atoms with Gasteiger partial charge in [0.2, 0.25) is 0 Å². The number of carbonyl (C=O) groups is 1. The molecule has 1 amide bonds. The minimum absolute atomic E-state index is 0.223. The van der Waals surface area contributed by atoms with E-state index in [2.05, 4.69) is 19.1 Å². The van der Waals surface area contributed by atoms with Crippen LogP contribution in [0.2, 0.25) is 0 Å².